The van der Waals surface area contributed by atoms with Crippen LogP contribution in [0.4, 0.5) is 5.69 Å². The normalized spacial score (nSPS) is 9.76. The molecule has 7 nitrogen and oxygen atoms in total. The maximum Gasteiger partial charge on any atom is 0.338 e. The van der Waals surface area contributed by atoms with Gasteiger partial charge in [-0.05, 0) is 36.8 Å². The zero-order valence-electron chi connectivity index (χ0n) is 13.5. The van der Waals surface area contributed by atoms with Crippen molar-refractivity contribution in [1.29, 1.82) is 0 Å². The minimum atomic E-state index is -0.690. The second-order valence-electron chi connectivity index (χ2n) is 5.02. The largest absolute Gasteiger partial charge is 0.459 e. The van der Waals surface area contributed by atoms with Gasteiger partial charge in [0, 0.05) is 5.69 Å². The summed E-state index contributed by atoms with van der Waals surface area (Å²) in [5.41, 5.74) is 1.39. The third-order valence-corrected chi connectivity index (χ3v) is 3.19. The molecule has 2 rings (SSSR count). The molecule has 0 radical (unpaired) electrons. The molecule has 0 unspecified atom stereocenters. The molecule has 1 heterocycles. The quantitative estimate of drug-likeness (QED) is 0.617. The van der Waals surface area contributed by atoms with Crippen LogP contribution in [0.15, 0.2) is 41.0 Å². The number of hydrogen-bond acceptors (Lipinski definition) is 5. The molecule has 2 N–H and O–H groups in total. The average molecular weight is 340 g/mol. The predicted molar refractivity (Wildman–Crippen MR) is 90.0 cm³/mol. The highest BCUT2D eigenvalue weighted by atomic mass is 16.5. The first-order chi connectivity index (χ1) is 12.0. The van der Waals surface area contributed by atoms with Crippen molar-refractivity contribution in [3.05, 3.63) is 53.5 Å². The molecule has 0 saturated heterocycles. The lowest BCUT2D eigenvalue weighted by molar-refractivity contribution is -0.123. The molecule has 0 aliphatic carbocycles. The van der Waals surface area contributed by atoms with E-state index in [1.54, 1.807) is 25.1 Å². The lowest BCUT2D eigenvalue weighted by Crippen LogP contribution is -2.29. The van der Waals surface area contributed by atoms with Gasteiger partial charge in [0.1, 0.15) is 0 Å². The zero-order valence-corrected chi connectivity index (χ0v) is 13.5. The summed E-state index contributed by atoms with van der Waals surface area (Å²) in [6.45, 7) is 1.40. The smallest absolute Gasteiger partial charge is 0.338 e. The first-order valence-electron chi connectivity index (χ1n) is 7.34. The molecule has 2 aromatic rings. The van der Waals surface area contributed by atoms with Gasteiger partial charge in [0.15, 0.2) is 12.4 Å². The number of nitrogens with one attached hydrogen (secondary N) is 2. The van der Waals surface area contributed by atoms with Gasteiger partial charge in [0.2, 0.25) is 0 Å². The predicted octanol–water partition coefficient (Wildman–Crippen LogP) is 1.75. The molecule has 0 spiro atoms. The zero-order chi connectivity index (χ0) is 18.2. The van der Waals surface area contributed by atoms with Crippen LogP contribution >= 0.6 is 0 Å². The Bertz CT molecular complexity index is 818. The highest BCUT2D eigenvalue weighted by molar-refractivity contribution is 6.03. The molecular weight excluding hydrogens is 324 g/mol. The maximum atomic E-state index is 12.0. The number of rotatable bonds is 6. The molecule has 0 bridgehead atoms. The summed E-state index contributed by atoms with van der Waals surface area (Å²) in [6.07, 6.45) is 6.41. The van der Waals surface area contributed by atoms with Crippen molar-refractivity contribution < 1.29 is 23.5 Å². The van der Waals surface area contributed by atoms with Crippen LogP contribution in [0.2, 0.25) is 0 Å². The van der Waals surface area contributed by atoms with E-state index in [0.717, 1.165) is 5.56 Å². The lowest BCUT2D eigenvalue weighted by atomic mass is 10.1. The van der Waals surface area contributed by atoms with E-state index in [4.69, 9.17) is 15.6 Å². The number of esters is 1. The highest BCUT2D eigenvalue weighted by Crippen LogP contribution is 2.19. The first-order valence-corrected chi connectivity index (χ1v) is 7.34. The van der Waals surface area contributed by atoms with E-state index in [2.05, 4.69) is 16.6 Å². The van der Waals surface area contributed by atoms with E-state index in [9.17, 15) is 14.4 Å². The number of amides is 2. The molecule has 1 aromatic heterocycles. The van der Waals surface area contributed by atoms with Gasteiger partial charge in [-0.15, -0.1) is 6.42 Å². The molecular formula is C18H16N2O5. The minimum Gasteiger partial charge on any atom is -0.459 e. The van der Waals surface area contributed by atoms with Crippen LogP contribution in [0.25, 0.3) is 0 Å². The fraction of sp³-hybridized carbons (Fsp3) is 0.167. The van der Waals surface area contributed by atoms with Crippen LogP contribution in [0.5, 0.6) is 0 Å². The van der Waals surface area contributed by atoms with Gasteiger partial charge < -0.3 is 19.8 Å². The molecule has 0 saturated carbocycles. The van der Waals surface area contributed by atoms with Crippen molar-refractivity contribution in [2.45, 2.75) is 6.92 Å². The monoisotopic (exact) mass is 340 g/mol. The Balaban J connectivity index is 2.02. The molecule has 7 heteroatoms. The second kappa shape index (κ2) is 8.36. The molecule has 0 atom stereocenters. The summed E-state index contributed by atoms with van der Waals surface area (Å²) in [7, 11) is 0. The Labute approximate surface area is 144 Å². The third kappa shape index (κ3) is 4.97. The Kier molecular flexibility index (Phi) is 5.96. The molecule has 2 amide bonds. The fourth-order valence-electron chi connectivity index (χ4n) is 1.89. The van der Waals surface area contributed by atoms with E-state index in [1.807, 2.05) is 0 Å². The topological polar surface area (TPSA) is 97.6 Å². The molecule has 128 valence electrons. The van der Waals surface area contributed by atoms with Gasteiger partial charge in [-0.1, -0.05) is 12.0 Å². The van der Waals surface area contributed by atoms with Crippen LogP contribution in [0, 0.1) is 19.3 Å². The van der Waals surface area contributed by atoms with Gasteiger partial charge >= 0.3 is 5.97 Å². The molecule has 25 heavy (non-hydrogen) atoms. The molecule has 1 aromatic carbocycles. The van der Waals surface area contributed by atoms with Gasteiger partial charge in [-0.2, -0.15) is 0 Å². The summed E-state index contributed by atoms with van der Waals surface area (Å²) in [5, 5.41) is 5.04. The van der Waals surface area contributed by atoms with E-state index in [-0.39, 0.29) is 17.9 Å². The summed E-state index contributed by atoms with van der Waals surface area (Å²) >= 11 is 0. The number of furan rings is 1. The average Bonchev–Trinajstić information content (AvgIpc) is 3.14. The molecule has 0 aliphatic heterocycles. The Morgan fingerprint density at radius 3 is 2.76 bits per heavy atom. The Hall–Kier alpha value is -3.53. The summed E-state index contributed by atoms with van der Waals surface area (Å²) in [6, 6.07) is 7.79. The number of ether oxygens (including phenoxy) is 1. The van der Waals surface area contributed by atoms with Crippen molar-refractivity contribution >= 4 is 23.5 Å². The van der Waals surface area contributed by atoms with Gasteiger partial charge in [-0.3, -0.25) is 9.59 Å². The van der Waals surface area contributed by atoms with Crippen LogP contribution in [0.3, 0.4) is 0 Å². The number of carbonyl (C=O) groups is 3. The van der Waals surface area contributed by atoms with Crippen molar-refractivity contribution in [2.75, 3.05) is 18.5 Å². The van der Waals surface area contributed by atoms with Crippen LogP contribution < -0.4 is 10.6 Å². The molecule has 0 fully saturated rings. The number of carbonyl (C=O) groups excluding carboxylic acids is 3. The van der Waals surface area contributed by atoms with Gasteiger partial charge in [0.25, 0.3) is 11.8 Å². The Morgan fingerprint density at radius 1 is 1.28 bits per heavy atom. The van der Waals surface area contributed by atoms with Crippen molar-refractivity contribution in [1.82, 2.24) is 5.32 Å². The fourth-order valence-corrected chi connectivity index (χ4v) is 1.89. The van der Waals surface area contributed by atoms with Crippen molar-refractivity contribution in [2.24, 2.45) is 0 Å². The number of hydrogen-bond donors (Lipinski definition) is 2. The van der Waals surface area contributed by atoms with Crippen LogP contribution in [-0.4, -0.2) is 30.9 Å². The van der Waals surface area contributed by atoms with E-state index < -0.39 is 24.4 Å². The lowest BCUT2D eigenvalue weighted by Gasteiger charge is -2.10. The van der Waals surface area contributed by atoms with E-state index >= 15 is 0 Å². The number of aryl methyl sites for hydroxylation is 1. The number of benzene rings is 1. The van der Waals surface area contributed by atoms with Crippen molar-refractivity contribution in [3.63, 3.8) is 0 Å². The standard InChI is InChI=1S/C18H16N2O5/c1-3-8-19-16(21)11-25-18(23)13-7-6-12(2)14(10-13)20-17(22)15-5-4-9-24-15/h1,4-7,9-10H,8,11H2,2H3,(H,19,21)(H,20,22). The number of anilines is 1. The van der Waals surface area contributed by atoms with Gasteiger partial charge in [0.05, 0.1) is 18.4 Å². The summed E-state index contributed by atoms with van der Waals surface area (Å²) in [4.78, 5) is 35.4. The molecule has 0 aliphatic rings. The van der Waals surface area contributed by atoms with Crippen LogP contribution in [0.1, 0.15) is 26.5 Å². The van der Waals surface area contributed by atoms with Crippen molar-refractivity contribution in [3.8, 4) is 12.3 Å². The van der Waals surface area contributed by atoms with Gasteiger partial charge in [-0.25, -0.2) is 4.79 Å². The van der Waals surface area contributed by atoms with E-state index in [0.29, 0.717) is 5.69 Å². The second-order valence-corrected chi connectivity index (χ2v) is 5.02. The highest BCUT2D eigenvalue weighted by Gasteiger charge is 2.14. The first kappa shape index (κ1) is 17.8. The van der Waals surface area contributed by atoms with E-state index in [1.165, 1.54) is 18.4 Å². The Morgan fingerprint density at radius 2 is 2.08 bits per heavy atom. The minimum absolute atomic E-state index is 0.0594. The summed E-state index contributed by atoms with van der Waals surface area (Å²) in [5.74, 6) is 0.768. The van der Waals surface area contributed by atoms with Crippen LogP contribution in [-0.2, 0) is 9.53 Å². The summed E-state index contributed by atoms with van der Waals surface area (Å²) < 4.78 is 9.93. The maximum absolute atomic E-state index is 12.0. The SMILES string of the molecule is C#CCNC(=O)COC(=O)c1ccc(C)c(NC(=O)c2ccco2)c1. The third-order valence-electron chi connectivity index (χ3n) is 3.19. The number of terminal acetylenes is 1.